The van der Waals surface area contributed by atoms with Crippen LogP contribution in [-0.4, -0.2) is 41.8 Å². The summed E-state index contributed by atoms with van der Waals surface area (Å²) in [5.41, 5.74) is 0. The average Bonchev–Trinajstić information content (AvgIpc) is 2.19. The first-order valence-corrected chi connectivity index (χ1v) is 25.1. The molecular formula is C16H44O3Si5. The van der Waals surface area contributed by atoms with Crippen LogP contribution in [-0.2, 0) is 12.3 Å². The predicted octanol–water partition coefficient (Wildman–Crippen LogP) is 6.60. The van der Waals surface area contributed by atoms with Gasteiger partial charge in [-0.3, -0.25) is 0 Å². The molecule has 0 aromatic heterocycles. The van der Waals surface area contributed by atoms with E-state index < -0.39 is 41.8 Å². The molecule has 0 spiro atoms. The van der Waals surface area contributed by atoms with Crippen LogP contribution in [0, 0.1) is 0 Å². The van der Waals surface area contributed by atoms with Crippen molar-refractivity contribution in [1.29, 1.82) is 0 Å². The lowest BCUT2D eigenvalue weighted by Gasteiger charge is -2.40. The second-order valence-electron chi connectivity index (χ2n) is 10.3. The third-order valence-corrected chi connectivity index (χ3v) is 21.9. The number of rotatable bonds is 11. The van der Waals surface area contributed by atoms with Crippen molar-refractivity contribution < 1.29 is 12.3 Å². The summed E-state index contributed by atoms with van der Waals surface area (Å²) in [4.78, 5) is 0. The first-order valence-electron chi connectivity index (χ1n) is 9.49. The fraction of sp³-hybridized carbons (Fsp3) is 1.00. The van der Waals surface area contributed by atoms with Gasteiger partial charge in [0.25, 0.3) is 0 Å². The topological polar surface area (TPSA) is 27.7 Å². The van der Waals surface area contributed by atoms with Gasteiger partial charge in [0.15, 0.2) is 33.3 Å². The van der Waals surface area contributed by atoms with Crippen LogP contribution in [0.4, 0.5) is 0 Å². The zero-order chi connectivity index (χ0) is 19.4. The van der Waals surface area contributed by atoms with E-state index >= 15 is 0 Å². The largest absolute Gasteiger partial charge is 0.456 e. The van der Waals surface area contributed by atoms with E-state index in [0.29, 0.717) is 0 Å². The summed E-state index contributed by atoms with van der Waals surface area (Å²) >= 11 is 0. The summed E-state index contributed by atoms with van der Waals surface area (Å²) in [7, 11) is -8.38. The van der Waals surface area contributed by atoms with Crippen molar-refractivity contribution in [3.63, 3.8) is 0 Å². The lowest BCUT2D eigenvalue weighted by molar-refractivity contribution is 0.388. The van der Waals surface area contributed by atoms with Gasteiger partial charge in [0.05, 0.1) is 0 Å². The van der Waals surface area contributed by atoms with Gasteiger partial charge in [0.2, 0.25) is 0 Å². The lowest BCUT2D eigenvalue weighted by atomic mass is 10.6. The minimum Gasteiger partial charge on any atom is -0.456 e. The van der Waals surface area contributed by atoms with Gasteiger partial charge in [-0.25, -0.2) is 0 Å². The van der Waals surface area contributed by atoms with Crippen LogP contribution in [0.3, 0.4) is 0 Å². The highest BCUT2D eigenvalue weighted by Gasteiger charge is 2.40. The van der Waals surface area contributed by atoms with E-state index in [4.69, 9.17) is 12.3 Å². The first-order chi connectivity index (χ1) is 10.4. The van der Waals surface area contributed by atoms with Crippen molar-refractivity contribution in [3.8, 4) is 0 Å². The van der Waals surface area contributed by atoms with Crippen molar-refractivity contribution in [2.45, 2.75) is 103 Å². The summed E-state index contributed by atoms with van der Waals surface area (Å²) in [6.07, 6.45) is 1.21. The molecule has 0 aromatic rings. The molecule has 0 saturated carbocycles. The minimum absolute atomic E-state index is 1.19. The van der Waals surface area contributed by atoms with Crippen molar-refractivity contribution in [3.05, 3.63) is 0 Å². The molecule has 3 nitrogen and oxygen atoms in total. The van der Waals surface area contributed by atoms with E-state index in [1.807, 2.05) is 0 Å². The summed E-state index contributed by atoms with van der Waals surface area (Å²) < 4.78 is 19.8. The molecule has 0 N–H and O–H groups in total. The van der Waals surface area contributed by atoms with Gasteiger partial charge in [0.1, 0.15) is 0 Å². The minimum atomic E-state index is -2.05. The Labute approximate surface area is 157 Å². The van der Waals surface area contributed by atoms with Crippen LogP contribution in [0.1, 0.15) is 13.3 Å². The monoisotopic (exact) mass is 424 g/mol. The SMILES string of the molecule is CCC[Si](C)(C)O[Si](C)(C)O[Si](C)(C)CC[Si](C)(C)O[Si](C)(C)C. The maximum Gasteiger partial charge on any atom is 0.311 e. The Morgan fingerprint density at radius 1 is 0.500 bits per heavy atom. The van der Waals surface area contributed by atoms with Crippen molar-refractivity contribution in [2.24, 2.45) is 0 Å². The highest BCUT2D eigenvalue weighted by molar-refractivity contribution is 6.89. The second kappa shape index (κ2) is 8.77. The third kappa shape index (κ3) is 12.3. The van der Waals surface area contributed by atoms with Crippen LogP contribution in [0.25, 0.3) is 0 Å². The van der Waals surface area contributed by atoms with Gasteiger partial charge < -0.3 is 12.3 Å². The van der Waals surface area contributed by atoms with Gasteiger partial charge in [0, 0.05) is 0 Å². The van der Waals surface area contributed by atoms with Crippen molar-refractivity contribution in [1.82, 2.24) is 0 Å². The van der Waals surface area contributed by atoms with Crippen LogP contribution >= 0.6 is 0 Å². The molecule has 8 heteroatoms. The molecule has 0 atom stereocenters. The Bertz CT molecular complexity index is 390. The van der Waals surface area contributed by atoms with E-state index in [-0.39, 0.29) is 0 Å². The standard InChI is InChI=1S/C16H44O3Si5/c1-13-14-21(5,6)18-24(11,12)19-23(9,10)16-15-22(7,8)17-20(2,3)4/h13-16H2,1-12H3. The molecule has 0 fully saturated rings. The summed E-state index contributed by atoms with van der Waals surface area (Å²) in [6, 6.07) is 3.61. The molecule has 0 aliphatic heterocycles. The average molecular weight is 425 g/mol. The Balaban J connectivity index is 4.72. The van der Waals surface area contributed by atoms with E-state index in [0.717, 1.165) is 0 Å². The van der Waals surface area contributed by atoms with E-state index in [1.54, 1.807) is 0 Å². The molecule has 0 aliphatic carbocycles. The van der Waals surface area contributed by atoms with Gasteiger partial charge in [-0.2, -0.15) is 0 Å². The van der Waals surface area contributed by atoms with E-state index in [2.05, 4.69) is 78.9 Å². The summed E-state index contributed by atoms with van der Waals surface area (Å²) in [5, 5.41) is 0. The van der Waals surface area contributed by atoms with Crippen molar-refractivity contribution in [2.75, 3.05) is 0 Å². The second-order valence-corrected chi connectivity index (χ2v) is 31.9. The number of hydrogen-bond acceptors (Lipinski definition) is 3. The zero-order valence-corrected chi connectivity index (χ0v) is 23.6. The van der Waals surface area contributed by atoms with Gasteiger partial charge in [-0.05, 0) is 90.1 Å². The van der Waals surface area contributed by atoms with Gasteiger partial charge in [-0.15, -0.1) is 0 Å². The molecule has 0 aromatic carbocycles. The molecule has 0 bridgehead atoms. The Morgan fingerprint density at radius 2 is 0.833 bits per heavy atom. The molecule has 0 radical (unpaired) electrons. The molecule has 0 rings (SSSR count). The molecule has 146 valence electrons. The zero-order valence-electron chi connectivity index (χ0n) is 18.6. The predicted molar refractivity (Wildman–Crippen MR) is 121 cm³/mol. The normalized spacial score (nSPS) is 15.0. The molecule has 0 unspecified atom stereocenters. The van der Waals surface area contributed by atoms with E-state index in [9.17, 15) is 0 Å². The fourth-order valence-electron chi connectivity index (χ4n) is 3.54. The smallest absolute Gasteiger partial charge is 0.311 e. The van der Waals surface area contributed by atoms with Crippen LogP contribution in [0.2, 0.25) is 90.1 Å². The molecule has 0 heterocycles. The molecule has 0 saturated heterocycles. The summed E-state index contributed by atoms with van der Waals surface area (Å²) in [5.74, 6) is 0. The third-order valence-electron chi connectivity index (χ3n) is 3.81. The van der Waals surface area contributed by atoms with E-state index in [1.165, 1.54) is 24.6 Å². The molecular weight excluding hydrogens is 381 g/mol. The first kappa shape index (κ1) is 25.0. The van der Waals surface area contributed by atoms with Crippen LogP contribution in [0.15, 0.2) is 0 Å². The quantitative estimate of drug-likeness (QED) is 0.350. The van der Waals surface area contributed by atoms with Gasteiger partial charge >= 0.3 is 8.56 Å². The molecule has 0 aliphatic rings. The van der Waals surface area contributed by atoms with Crippen LogP contribution < -0.4 is 0 Å². The Morgan fingerprint density at radius 3 is 1.17 bits per heavy atom. The highest BCUT2D eigenvalue weighted by Crippen LogP contribution is 2.29. The van der Waals surface area contributed by atoms with Crippen molar-refractivity contribution >= 4 is 41.8 Å². The fourth-order valence-corrected chi connectivity index (χ4v) is 28.6. The summed E-state index contributed by atoms with van der Waals surface area (Å²) in [6.45, 7) is 27.7. The Hall–Kier alpha value is 0.964. The molecule has 0 amide bonds. The maximum absolute atomic E-state index is 6.70. The number of hydrogen-bond donors (Lipinski definition) is 0. The van der Waals surface area contributed by atoms with Gasteiger partial charge in [-0.1, -0.05) is 13.3 Å². The van der Waals surface area contributed by atoms with Crippen LogP contribution in [0.5, 0.6) is 0 Å². The lowest BCUT2D eigenvalue weighted by Crippen LogP contribution is -2.53. The Kier molecular flexibility index (Phi) is 9.12. The highest BCUT2D eigenvalue weighted by atomic mass is 28.5. The molecule has 24 heavy (non-hydrogen) atoms. The maximum atomic E-state index is 6.70.